The van der Waals surface area contributed by atoms with E-state index in [0.29, 0.717) is 11.3 Å². The standard InChI is InChI=1S/C16H20N2O2S/c1-3-5-14(15-6-4-9-21-15)18-13-8-7-11(10-12(13)17)16(19)20-2/h4,6-10,14,18H,3,5,17H2,1-2H3. The van der Waals surface area contributed by atoms with E-state index in [1.807, 2.05) is 12.1 Å². The van der Waals surface area contributed by atoms with Crippen molar-refractivity contribution in [3.63, 3.8) is 0 Å². The van der Waals surface area contributed by atoms with E-state index in [0.717, 1.165) is 18.5 Å². The normalized spacial score (nSPS) is 11.9. The number of benzene rings is 1. The third-order valence-corrected chi connectivity index (χ3v) is 4.25. The molecule has 1 aromatic carbocycles. The van der Waals surface area contributed by atoms with Crippen molar-refractivity contribution in [2.45, 2.75) is 25.8 Å². The Balaban J connectivity index is 2.19. The van der Waals surface area contributed by atoms with Gasteiger partial charge in [-0.15, -0.1) is 11.3 Å². The minimum atomic E-state index is -0.378. The molecule has 1 aromatic heterocycles. The van der Waals surface area contributed by atoms with Gasteiger partial charge in [-0.05, 0) is 36.1 Å². The third kappa shape index (κ3) is 3.76. The van der Waals surface area contributed by atoms with E-state index < -0.39 is 0 Å². The zero-order chi connectivity index (χ0) is 15.2. The highest BCUT2D eigenvalue weighted by atomic mass is 32.1. The van der Waals surface area contributed by atoms with Gasteiger partial charge in [0.1, 0.15) is 0 Å². The summed E-state index contributed by atoms with van der Waals surface area (Å²) < 4.78 is 4.70. The molecule has 4 nitrogen and oxygen atoms in total. The van der Waals surface area contributed by atoms with Crippen molar-refractivity contribution in [3.8, 4) is 0 Å². The minimum absolute atomic E-state index is 0.237. The summed E-state index contributed by atoms with van der Waals surface area (Å²) in [7, 11) is 1.36. The van der Waals surface area contributed by atoms with Crippen LogP contribution in [0.15, 0.2) is 35.7 Å². The van der Waals surface area contributed by atoms with Crippen LogP contribution in [0.25, 0.3) is 0 Å². The summed E-state index contributed by atoms with van der Waals surface area (Å²) in [6.07, 6.45) is 2.11. The van der Waals surface area contributed by atoms with Crippen molar-refractivity contribution in [1.82, 2.24) is 0 Å². The number of carbonyl (C=O) groups excluding carboxylic acids is 1. The fourth-order valence-corrected chi connectivity index (χ4v) is 3.00. The minimum Gasteiger partial charge on any atom is -0.465 e. The first-order valence-electron chi connectivity index (χ1n) is 6.93. The second-order valence-electron chi connectivity index (χ2n) is 4.79. The summed E-state index contributed by atoms with van der Waals surface area (Å²) >= 11 is 1.73. The number of anilines is 2. The molecule has 0 saturated heterocycles. The summed E-state index contributed by atoms with van der Waals surface area (Å²) in [5, 5.41) is 5.54. The van der Waals surface area contributed by atoms with Crippen LogP contribution in [0.5, 0.6) is 0 Å². The molecule has 0 radical (unpaired) electrons. The van der Waals surface area contributed by atoms with Crippen LogP contribution in [0, 0.1) is 0 Å². The van der Waals surface area contributed by atoms with Gasteiger partial charge in [0.15, 0.2) is 0 Å². The number of nitrogen functional groups attached to an aromatic ring is 1. The predicted octanol–water partition coefficient (Wildman–Crippen LogP) is 4.07. The molecule has 0 saturated carbocycles. The van der Waals surface area contributed by atoms with Gasteiger partial charge in [0.25, 0.3) is 0 Å². The number of thiophene rings is 1. The fraction of sp³-hybridized carbons (Fsp3) is 0.312. The first kappa shape index (κ1) is 15.4. The summed E-state index contributed by atoms with van der Waals surface area (Å²) in [5.41, 5.74) is 7.90. The van der Waals surface area contributed by atoms with Crippen molar-refractivity contribution < 1.29 is 9.53 Å². The van der Waals surface area contributed by atoms with Crippen molar-refractivity contribution >= 4 is 28.7 Å². The Kier molecular flexibility index (Phi) is 5.22. The molecule has 21 heavy (non-hydrogen) atoms. The van der Waals surface area contributed by atoms with E-state index in [4.69, 9.17) is 10.5 Å². The Labute approximate surface area is 128 Å². The number of ether oxygens (including phenoxy) is 1. The van der Waals surface area contributed by atoms with Crippen LogP contribution in [-0.4, -0.2) is 13.1 Å². The fourth-order valence-electron chi connectivity index (χ4n) is 2.19. The lowest BCUT2D eigenvalue weighted by atomic mass is 10.1. The number of hydrogen-bond donors (Lipinski definition) is 2. The van der Waals surface area contributed by atoms with E-state index in [-0.39, 0.29) is 12.0 Å². The van der Waals surface area contributed by atoms with Crippen molar-refractivity contribution in [3.05, 3.63) is 46.2 Å². The molecule has 3 N–H and O–H groups in total. The van der Waals surface area contributed by atoms with Crippen LogP contribution in [0.1, 0.15) is 41.0 Å². The SMILES string of the molecule is CCCC(Nc1ccc(C(=O)OC)cc1N)c1cccs1. The second-order valence-corrected chi connectivity index (χ2v) is 5.77. The number of carbonyl (C=O) groups is 1. The predicted molar refractivity (Wildman–Crippen MR) is 87.8 cm³/mol. The lowest BCUT2D eigenvalue weighted by molar-refractivity contribution is 0.0601. The monoisotopic (exact) mass is 304 g/mol. The maximum Gasteiger partial charge on any atom is 0.337 e. The quantitative estimate of drug-likeness (QED) is 0.623. The Hall–Kier alpha value is -2.01. The topological polar surface area (TPSA) is 64.3 Å². The summed E-state index contributed by atoms with van der Waals surface area (Å²) in [6.45, 7) is 2.16. The first-order chi connectivity index (χ1) is 10.2. The Morgan fingerprint density at radius 3 is 2.81 bits per heavy atom. The highest BCUT2D eigenvalue weighted by Gasteiger charge is 2.14. The second kappa shape index (κ2) is 7.13. The van der Waals surface area contributed by atoms with E-state index in [1.165, 1.54) is 12.0 Å². The molecule has 0 aliphatic carbocycles. The molecular weight excluding hydrogens is 284 g/mol. The molecule has 1 heterocycles. The van der Waals surface area contributed by atoms with Crippen LogP contribution < -0.4 is 11.1 Å². The van der Waals surface area contributed by atoms with Gasteiger partial charge in [0.2, 0.25) is 0 Å². The van der Waals surface area contributed by atoms with E-state index in [9.17, 15) is 4.79 Å². The molecule has 0 fully saturated rings. The maximum atomic E-state index is 11.5. The van der Waals surface area contributed by atoms with Gasteiger partial charge in [-0.25, -0.2) is 4.79 Å². The highest BCUT2D eigenvalue weighted by Crippen LogP contribution is 2.30. The molecular formula is C16H20N2O2S. The number of nitrogens with one attached hydrogen (secondary N) is 1. The van der Waals surface area contributed by atoms with Gasteiger partial charge in [-0.2, -0.15) is 0 Å². The first-order valence-corrected chi connectivity index (χ1v) is 7.81. The average molecular weight is 304 g/mol. The van der Waals surface area contributed by atoms with Gasteiger partial charge < -0.3 is 15.8 Å². The number of methoxy groups -OCH3 is 1. The van der Waals surface area contributed by atoms with Gasteiger partial charge in [-0.1, -0.05) is 19.4 Å². The molecule has 0 bridgehead atoms. The number of rotatable bonds is 6. The largest absolute Gasteiger partial charge is 0.465 e. The van der Waals surface area contributed by atoms with E-state index in [1.54, 1.807) is 23.5 Å². The zero-order valence-electron chi connectivity index (χ0n) is 12.3. The van der Waals surface area contributed by atoms with Crippen LogP contribution in [0.4, 0.5) is 11.4 Å². The van der Waals surface area contributed by atoms with Gasteiger partial charge in [0, 0.05) is 4.88 Å². The highest BCUT2D eigenvalue weighted by molar-refractivity contribution is 7.10. The Morgan fingerprint density at radius 2 is 2.24 bits per heavy atom. The summed E-state index contributed by atoms with van der Waals surface area (Å²) in [5.74, 6) is -0.378. The van der Waals surface area contributed by atoms with E-state index in [2.05, 4.69) is 23.7 Å². The molecule has 1 atom stereocenters. The molecule has 0 aliphatic heterocycles. The van der Waals surface area contributed by atoms with Gasteiger partial charge in [-0.3, -0.25) is 0 Å². The van der Waals surface area contributed by atoms with Crippen molar-refractivity contribution in [2.75, 3.05) is 18.2 Å². The molecule has 0 spiro atoms. The molecule has 2 aromatic rings. The summed E-state index contributed by atoms with van der Waals surface area (Å²) in [6, 6.07) is 9.61. The number of esters is 1. The Morgan fingerprint density at radius 1 is 1.43 bits per heavy atom. The Bertz CT molecular complexity index is 596. The average Bonchev–Trinajstić information content (AvgIpc) is 3.02. The zero-order valence-corrected chi connectivity index (χ0v) is 13.1. The van der Waals surface area contributed by atoms with Crippen molar-refractivity contribution in [1.29, 1.82) is 0 Å². The van der Waals surface area contributed by atoms with Crippen LogP contribution in [0.2, 0.25) is 0 Å². The van der Waals surface area contributed by atoms with E-state index >= 15 is 0 Å². The number of nitrogens with two attached hydrogens (primary N) is 1. The molecule has 0 aliphatic rings. The van der Waals surface area contributed by atoms with Crippen LogP contribution in [0.3, 0.4) is 0 Å². The third-order valence-electron chi connectivity index (χ3n) is 3.27. The molecule has 112 valence electrons. The lowest BCUT2D eigenvalue weighted by Crippen LogP contribution is -2.11. The summed E-state index contributed by atoms with van der Waals surface area (Å²) in [4.78, 5) is 12.8. The van der Waals surface area contributed by atoms with Gasteiger partial charge >= 0.3 is 5.97 Å². The van der Waals surface area contributed by atoms with Crippen LogP contribution >= 0.6 is 11.3 Å². The molecule has 1 unspecified atom stereocenters. The number of hydrogen-bond acceptors (Lipinski definition) is 5. The van der Waals surface area contributed by atoms with Gasteiger partial charge in [0.05, 0.1) is 30.1 Å². The van der Waals surface area contributed by atoms with Crippen molar-refractivity contribution in [2.24, 2.45) is 0 Å². The molecule has 2 rings (SSSR count). The lowest BCUT2D eigenvalue weighted by Gasteiger charge is -2.19. The smallest absolute Gasteiger partial charge is 0.337 e. The van der Waals surface area contributed by atoms with Crippen LogP contribution in [-0.2, 0) is 4.74 Å². The molecule has 5 heteroatoms. The maximum absolute atomic E-state index is 11.5. The molecule has 0 amide bonds.